The van der Waals surface area contributed by atoms with Crippen molar-refractivity contribution in [1.29, 1.82) is 0 Å². The highest BCUT2D eigenvalue weighted by atomic mass is 16.4. The minimum Gasteiger partial charge on any atom is -0.416 e. The van der Waals surface area contributed by atoms with Gasteiger partial charge in [0.2, 0.25) is 11.1 Å². The van der Waals surface area contributed by atoms with Crippen molar-refractivity contribution in [1.82, 2.24) is 10.2 Å². The summed E-state index contributed by atoms with van der Waals surface area (Å²) in [7, 11) is 0. The third-order valence-corrected chi connectivity index (χ3v) is 5.08. The zero-order valence-electron chi connectivity index (χ0n) is 18.4. The Morgan fingerprint density at radius 2 is 1.03 bits per heavy atom. The number of hydrogen-bond donors (Lipinski definition) is 0. The summed E-state index contributed by atoms with van der Waals surface area (Å²) in [6, 6.07) is 0. The van der Waals surface area contributed by atoms with Crippen LogP contribution in [0.3, 0.4) is 0 Å². The van der Waals surface area contributed by atoms with Crippen LogP contribution in [0, 0.1) is 10.8 Å². The van der Waals surface area contributed by atoms with Gasteiger partial charge in [0, 0.05) is 22.3 Å². The van der Waals surface area contributed by atoms with Gasteiger partial charge in [0.25, 0.3) is 0 Å². The van der Waals surface area contributed by atoms with E-state index in [1.807, 2.05) is 53.7 Å². The molecule has 0 saturated carbocycles. The van der Waals surface area contributed by atoms with Gasteiger partial charge in [-0.3, -0.25) is 9.59 Å². The molecule has 152 valence electrons. The van der Waals surface area contributed by atoms with E-state index < -0.39 is 0 Å². The van der Waals surface area contributed by atoms with Crippen LogP contribution in [0.1, 0.15) is 55.4 Å². The molecule has 2 aliphatic carbocycles. The number of carbonyl (C=O) groups is 2. The Morgan fingerprint density at radius 3 is 1.41 bits per heavy atom. The van der Waals surface area contributed by atoms with Gasteiger partial charge >= 0.3 is 0 Å². The molecular formula is C24H28N2O3. The Labute approximate surface area is 171 Å². The summed E-state index contributed by atoms with van der Waals surface area (Å²) in [5.41, 5.74) is 4.26. The van der Waals surface area contributed by atoms with Crippen LogP contribution >= 0.6 is 0 Å². The summed E-state index contributed by atoms with van der Waals surface area (Å²) in [5, 5.41) is 8.41. The molecule has 0 bridgehead atoms. The number of aromatic nitrogens is 2. The molecule has 3 rings (SSSR count). The second-order valence-corrected chi connectivity index (χ2v) is 9.75. The van der Waals surface area contributed by atoms with Gasteiger partial charge in [0.05, 0.1) is 0 Å². The van der Waals surface area contributed by atoms with E-state index in [-0.39, 0.29) is 22.4 Å². The van der Waals surface area contributed by atoms with Crippen LogP contribution in [0.5, 0.6) is 0 Å². The van der Waals surface area contributed by atoms with Crippen molar-refractivity contribution in [2.75, 3.05) is 0 Å². The molecule has 0 spiro atoms. The molecule has 5 heteroatoms. The average Bonchev–Trinajstić information content (AvgIpc) is 3.07. The molecular weight excluding hydrogens is 364 g/mol. The Morgan fingerprint density at radius 1 is 0.655 bits per heavy atom. The first-order valence-corrected chi connectivity index (χ1v) is 9.77. The molecule has 0 unspecified atom stereocenters. The van der Waals surface area contributed by atoms with E-state index >= 15 is 0 Å². The number of hydrogen-bond acceptors (Lipinski definition) is 5. The second-order valence-electron chi connectivity index (χ2n) is 9.75. The van der Waals surface area contributed by atoms with E-state index in [1.165, 1.54) is 0 Å². The molecule has 0 atom stereocenters. The fraction of sp³-hybridized carbons (Fsp3) is 0.417. The van der Waals surface area contributed by atoms with Crippen molar-refractivity contribution in [2.45, 2.75) is 55.4 Å². The highest BCUT2D eigenvalue weighted by Gasteiger charge is 2.34. The van der Waals surface area contributed by atoms with Crippen molar-refractivity contribution in [3.63, 3.8) is 0 Å². The molecule has 0 saturated heterocycles. The van der Waals surface area contributed by atoms with Gasteiger partial charge < -0.3 is 4.42 Å². The van der Waals surface area contributed by atoms with Crippen molar-refractivity contribution in [3.8, 4) is 0 Å². The Balaban J connectivity index is 2.28. The molecule has 0 N–H and O–H groups in total. The summed E-state index contributed by atoms with van der Waals surface area (Å²) in [6.45, 7) is 15.7. The van der Waals surface area contributed by atoms with Gasteiger partial charge in [-0.25, -0.2) is 0 Å². The topological polar surface area (TPSA) is 73.1 Å². The standard InChI is InChI=1S/C24H28N2O3/c1-13-9-15(10-14(2)19(13)27)21-25-26-22(29-21)16-11-17(23(3,4)5)20(28)18(12-16)24(6,7)8/h9-12H,1-8H3. The highest BCUT2D eigenvalue weighted by molar-refractivity contribution is 6.14. The van der Waals surface area contributed by atoms with Crippen molar-refractivity contribution < 1.29 is 14.0 Å². The van der Waals surface area contributed by atoms with Crippen LogP contribution in [-0.2, 0) is 9.59 Å². The van der Waals surface area contributed by atoms with Gasteiger partial charge in [-0.2, -0.15) is 0 Å². The lowest BCUT2D eigenvalue weighted by molar-refractivity contribution is -0.114. The fourth-order valence-corrected chi connectivity index (χ4v) is 3.40. The van der Waals surface area contributed by atoms with Crippen molar-refractivity contribution in [3.05, 3.63) is 57.7 Å². The van der Waals surface area contributed by atoms with Gasteiger partial charge in [-0.1, -0.05) is 41.5 Å². The van der Waals surface area contributed by atoms with Gasteiger partial charge in [0.15, 0.2) is 11.6 Å². The summed E-state index contributed by atoms with van der Waals surface area (Å²) in [5.74, 6) is 0.0786. The lowest BCUT2D eigenvalue weighted by Gasteiger charge is -2.30. The normalized spacial score (nSPS) is 18.5. The zero-order chi connectivity index (χ0) is 21.7. The summed E-state index contributed by atoms with van der Waals surface area (Å²) >= 11 is 0. The number of allylic oxidation sites excluding steroid dienone is 8. The highest BCUT2D eigenvalue weighted by Crippen LogP contribution is 2.38. The molecule has 2 aliphatic rings. The van der Waals surface area contributed by atoms with E-state index in [9.17, 15) is 9.59 Å². The molecule has 5 nitrogen and oxygen atoms in total. The quantitative estimate of drug-likeness (QED) is 0.677. The van der Waals surface area contributed by atoms with E-state index in [4.69, 9.17) is 4.42 Å². The number of nitrogens with zero attached hydrogens (tertiary/aromatic N) is 2. The van der Waals surface area contributed by atoms with Gasteiger partial charge in [0.1, 0.15) is 0 Å². The monoisotopic (exact) mass is 392 g/mol. The lowest BCUT2D eigenvalue weighted by Crippen LogP contribution is -2.28. The first-order valence-electron chi connectivity index (χ1n) is 9.77. The Hall–Kier alpha value is -2.82. The number of ketones is 2. The third-order valence-electron chi connectivity index (χ3n) is 5.08. The number of rotatable bonds is 0. The summed E-state index contributed by atoms with van der Waals surface area (Å²) in [6.07, 6.45) is 7.22. The van der Waals surface area contributed by atoms with E-state index in [0.717, 1.165) is 16.7 Å². The molecule has 0 amide bonds. The smallest absolute Gasteiger partial charge is 0.248 e. The second kappa shape index (κ2) is 6.90. The van der Waals surface area contributed by atoms with E-state index in [2.05, 4.69) is 10.2 Å². The van der Waals surface area contributed by atoms with E-state index in [0.29, 0.717) is 27.8 Å². The van der Waals surface area contributed by atoms with Crippen LogP contribution < -0.4 is 11.1 Å². The van der Waals surface area contributed by atoms with Crippen LogP contribution in [0.25, 0.3) is 11.1 Å². The molecule has 29 heavy (non-hydrogen) atoms. The first kappa shape index (κ1) is 20.9. The lowest BCUT2D eigenvalue weighted by atomic mass is 9.72. The van der Waals surface area contributed by atoms with Crippen LogP contribution in [0.15, 0.2) is 51.0 Å². The number of Topliss-reactive ketones (excluding diaryl/α,β-unsaturated/α-hetero) is 2. The predicted octanol–water partition coefficient (Wildman–Crippen LogP) is 3.37. The largest absolute Gasteiger partial charge is 0.416 e. The van der Waals surface area contributed by atoms with Gasteiger partial charge in [-0.05, 0) is 60.1 Å². The molecule has 0 aromatic carbocycles. The fourth-order valence-electron chi connectivity index (χ4n) is 3.40. The maximum atomic E-state index is 13.1. The summed E-state index contributed by atoms with van der Waals surface area (Å²) < 4.78 is 5.95. The SMILES string of the molecule is CC1=CC(=c2nnc(=C3C=C(C(C)(C)C)C(=O)C(C(C)(C)C)=C3)o2)C=C(C)C1=O. The summed E-state index contributed by atoms with van der Waals surface area (Å²) in [4.78, 5) is 25.1. The molecule has 0 aliphatic heterocycles. The van der Waals surface area contributed by atoms with Crippen LogP contribution in [-0.4, -0.2) is 21.8 Å². The molecule has 1 aromatic heterocycles. The maximum absolute atomic E-state index is 13.1. The molecule has 1 heterocycles. The Bertz CT molecular complexity index is 1090. The van der Waals surface area contributed by atoms with Crippen molar-refractivity contribution >= 4 is 22.7 Å². The number of carbonyl (C=O) groups excluding carboxylic acids is 2. The Kier molecular flexibility index (Phi) is 4.98. The van der Waals surface area contributed by atoms with Crippen LogP contribution in [0.4, 0.5) is 0 Å². The third kappa shape index (κ3) is 4.00. The predicted molar refractivity (Wildman–Crippen MR) is 113 cm³/mol. The molecule has 0 fully saturated rings. The van der Waals surface area contributed by atoms with Crippen LogP contribution in [0.2, 0.25) is 0 Å². The average molecular weight is 392 g/mol. The minimum absolute atomic E-state index is 0.0177. The molecule has 1 aromatic rings. The van der Waals surface area contributed by atoms with Crippen molar-refractivity contribution in [2.24, 2.45) is 10.8 Å². The zero-order valence-corrected chi connectivity index (χ0v) is 18.4. The van der Waals surface area contributed by atoms with E-state index in [1.54, 1.807) is 26.0 Å². The van der Waals surface area contributed by atoms with Gasteiger partial charge in [-0.15, -0.1) is 10.2 Å². The minimum atomic E-state index is -0.311. The maximum Gasteiger partial charge on any atom is 0.248 e. The molecule has 0 radical (unpaired) electrons. The first-order chi connectivity index (χ1) is 13.3.